The van der Waals surface area contributed by atoms with Crippen molar-refractivity contribution < 1.29 is 21.9 Å². The normalized spacial score (nSPS) is 21.1. The Balaban J connectivity index is 0.984. The Morgan fingerprint density at radius 1 is 0.909 bits per heavy atom. The molecule has 3 atom stereocenters. The molecule has 1 saturated carbocycles. The number of ether oxygens (including phenoxy) is 1. The average Bonchev–Trinajstić information content (AvgIpc) is 3.55. The number of fused-ring (bicyclic) bond motifs is 4. The Morgan fingerprint density at radius 2 is 1.73 bits per heavy atom. The molecule has 6 heterocycles. The molecule has 12 nitrogen and oxygen atoms in total. The van der Waals surface area contributed by atoms with E-state index in [0.29, 0.717) is 71.7 Å². The zero-order valence-corrected chi connectivity index (χ0v) is 30.4. The maximum absolute atomic E-state index is 17.0. The molecule has 3 saturated heterocycles. The third-order valence-corrected chi connectivity index (χ3v) is 12.6. The van der Waals surface area contributed by atoms with Gasteiger partial charge in [0.1, 0.15) is 35.3 Å². The quantitative estimate of drug-likeness (QED) is 0.200. The molecule has 0 unspecified atom stereocenters. The minimum Gasteiger partial charge on any atom is -0.458 e. The van der Waals surface area contributed by atoms with Gasteiger partial charge in [-0.05, 0) is 55.3 Å². The lowest BCUT2D eigenvalue weighted by Crippen LogP contribution is -2.51. The van der Waals surface area contributed by atoms with Crippen LogP contribution in [0.2, 0.25) is 0 Å². The Morgan fingerprint density at radius 3 is 2.53 bits per heavy atom. The number of piperazine rings is 1. The van der Waals surface area contributed by atoms with E-state index in [4.69, 9.17) is 16.1 Å². The van der Waals surface area contributed by atoms with Crippen LogP contribution in [-0.4, -0.2) is 81.9 Å². The van der Waals surface area contributed by atoms with Crippen molar-refractivity contribution in [2.75, 3.05) is 36.0 Å². The highest BCUT2D eigenvalue weighted by atomic mass is 32.2. The van der Waals surface area contributed by atoms with Crippen LogP contribution < -0.4 is 19.9 Å². The monoisotopic (exact) mass is 759 g/mol. The average molecular weight is 760 g/mol. The van der Waals surface area contributed by atoms with E-state index in [1.165, 1.54) is 12.4 Å². The van der Waals surface area contributed by atoms with Crippen molar-refractivity contribution in [2.24, 2.45) is 0 Å². The molecule has 2 bridgehead atoms. The minimum atomic E-state index is -3.94. The summed E-state index contributed by atoms with van der Waals surface area (Å²) in [5.41, 5.74) is 1.14. The van der Waals surface area contributed by atoms with E-state index in [-0.39, 0.29) is 51.8 Å². The Kier molecular flexibility index (Phi) is 7.96. The summed E-state index contributed by atoms with van der Waals surface area (Å²) in [6.45, 7) is 2.38. The summed E-state index contributed by atoms with van der Waals surface area (Å²) in [7, 11) is -3.94. The lowest BCUT2D eigenvalue weighted by atomic mass is 9.96. The number of nitrogens with one attached hydrogen (secondary N) is 1. The van der Waals surface area contributed by atoms with Crippen molar-refractivity contribution in [3.63, 3.8) is 0 Å². The number of hydrogen-bond donors (Lipinski definition) is 1. The molecule has 0 radical (unpaired) electrons. The van der Waals surface area contributed by atoms with Gasteiger partial charge in [0.25, 0.3) is 10.0 Å². The summed E-state index contributed by atoms with van der Waals surface area (Å²) in [6.07, 6.45) is 12.8. The fourth-order valence-electron chi connectivity index (χ4n) is 8.23. The number of hydrogen-bond acceptors (Lipinski definition) is 11. The van der Waals surface area contributed by atoms with Crippen molar-refractivity contribution in [3.05, 3.63) is 90.1 Å². The number of pyridine rings is 1. The van der Waals surface area contributed by atoms with Crippen LogP contribution in [0.25, 0.3) is 32.9 Å². The third kappa shape index (κ3) is 5.91. The first-order valence-electron chi connectivity index (χ1n) is 18.5. The molecule has 278 valence electrons. The number of nitrogens with zero attached hydrogens (tertiary/aromatic N) is 8. The first-order chi connectivity index (χ1) is 26.7. The highest BCUT2D eigenvalue weighted by Gasteiger charge is 2.35. The first kappa shape index (κ1) is 33.8. The summed E-state index contributed by atoms with van der Waals surface area (Å²) in [5.74, 6) is 2.49. The molecule has 4 fully saturated rings. The van der Waals surface area contributed by atoms with Crippen LogP contribution in [0.5, 0.6) is 6.01 Å². The highest BCUT2D eigenvalue weighted by molar-refractivity contribution is 7.89. The summed E-state index contributed by atoms with van der Waals surface area (Å²) >= 11 is 0. The second kappa shape index (κ2) is 13.0. The van der Waals surface area contributed by atoms with Gasteiger partial charge in [-0.25, -0.2) is 13.8 Å². The smallest absolute Gasteiger partial charge is 0.319 e. The largest absolute Gasteiger partial charge is 0.458 e. The number of rotatable bonds is 8. The van der Waals surface area contributed by atoms with Crippen molar-refractivity contribution in [1.82, 2.24) is 34.4 Å². The fraction of sp³-hybridized carbons (Fsp3) is 0.325. The van der Waals surface area contributed by atoms with Gasteiger partial charge in [0.15, 0.2) is 11.6 Å². The molecule has 10 rings (SSSR count). The van der Waals surface area contributed by atoms with Gasteiger partial charge in [0.05, 0.1) is 22.4 Å². The molecule has 1 N–H and O–H groups in total. The third-order valence-electron chi connectivity index (χ3n) is 11.1. The van der Waals surface area contributed by atoms with Crippen LogP contribution in [0, 0.1) is 24.0 Å². The second-order valence-electron chi connectivity index (χ2n) is 14.8. The zero-order valence-electron chi connectivity index (χ0n) is 29.6. The van der Waals surface area contributed by atoms with E-state index in [0.717, 1.165) is 29.8 Å². The van der Waals surface area contributed by atoms with Crippen LogP contribution in [0.1, 0.15) is 49.4 Å². The van der Waals surface area contributed by atoms with E-state index in [2.05, 4.69) is 36.2 Å². The number of anilines is 2. The van der Waals surface area contributed by atoms with Gasteiger partial charge >= 0.3 is 6.01 Å². The van der Waals surface area contributed by atoms with E-state index in [9.17, 15) is 12.8 Å². The molecule has 1 aliphatic carbocycles. The van der Waals surface area contributed by atoms with Gasteiger partial charge in [0, 0.05) is 66.9 Å². The summed E-state index contributed by atoms with van der Waals surface area (Å²) < 4.78 is 66.2. The summed E-state index contributed by atoms with van der Waals surface area (Å²) in [4.78, 5) is 22.6. The van der Waals surface area contributed by atoms with Crippen molar-refractivity contribution >= 4 is 43.2 Å². The Labute approximate surface area is 315 Å². The molecule has 3 aromatic carbocycles. The lowest BCUT2D eigenvalue weighted by molar-refractivity contribution is 0.207. The molecule has 4 aliphatic rings. The highest BCUT2D eigenvalue weighted by Crippen LogP contribution is 2.39. The summed E-state index contributed by atoms with van der Waals surface area (Å²) in [5, 5.41) is 9.38. The van der Waals surface area contributed by atoms with Crippen LogP contribution in [-0.2, 0) is 10.0 Å². The molecule has 3 aromatic heterocycles. The van der Waals surface area contributed by atoms with Gasteiger partial charge in [-0.2, -0.15) is 18.4 Å². The SMILES string of the molecule is C#Cc1c(F)ccc2cccc(-c3ncc4c(N5C[C@H]6CC[C@@H](C5)N6)nc(O[C@H]5CCN(c6cccc(S(=O)(=O)n7cnc(C8CC8)n7)c6)C5)nc4c3F)c12. The molecule has 15 heteroatoms. The van der Waals surface area contributed by atoms with Crippen LogP contribution >= 0.6 is 0 Å². The van der Waals surface area contributed by atoms with Gasteiger partial charge in [-0.1, -0.05) is 36.3 Å². The first-order valence-corrected chi connectivity index (χ1v) is 19.9. The van der Waals surface area contributed by atoms with Gasteiger partial charge in [-0.3, -0.25) is 4.98 Å². The predicted molar refractivity (Wildman–Crippen MR) is 203 cm³/mol. The van der Waals surface area contributed by atoms with Crippen molar-refractivity contribution in [2.45, 2.75) is 61.1 Å². The van der Waals surface area contributed by atoms with Crippen LogP contribution in [0.15, 0.2) is 72.0 Å². The zero-order chi connectivity index (χ0) is 37.4. The van der Waals surface area contributed by atoms with Gasteiger partial charge < -0.3 is 19.9 Å². The molecule has 0 amide bonds. The van der Waals surface area contributed by atoms with Crippen molar-refractivity contribution in [3.8, 4) is 29.6 Å². The predicted octanol–water partition coefficient (Wildman–Crippen LogP) is 5.41. The Hall–Kier alpha value is -5.72. The van der Waals surface area contributed by atoms with E-state index >= 15 is 4.39 Å². The summed E-state index contributed by atoms with van der Waals surface area (Å²) in [6, 6.07) is 15.5. The fourth-order valence-corrected chi connectivity index (χ4v) is 9.33. The molecule has 0 spiro atoms. The maximum atomic E-state index is 17.0. The van der Waals surface area contributed by atoms with Gasteiger partial charge in [0.2, 0.25) is 0 Å². The van der Waals surface area contributed by atoms with Crippen molar-refractivity contribution in [1.29, 1.82) is 0 Å². The van der Waals surface area contributed by atoms with Gasteiger partial charge in [-0.15, -0.1) is 15.6 Å². The van der Waals surface area contributed by atoms with E-state index < -0.39 is 21.7 Å². The molecule has 3 aliphatic heterocycles. The standard InChI is InChI=1S/C40H35F2N9O3S/c1-2-30-33(41)14-11-23-5-3-8-31(34(23)30)36-35(42)37-32(18-43-36)39(50-19-25-12-13-26(20-50)45-25)47-40(46-37)54-28-15-16-49(21-28)27-6-4-7-29(17-27)55(52,53)51-22-44-38(48-51)24-9-10-24/h1,3-8,11,14,17-18,22,24-26,28,45H,9-10,12-13,15-16,19-21H2/t25-,26+,28-/m0/s1. The Bertz CT molecular complexity index is 2670. The molecule has 55 heavy (non-hydrogen) atoms. The number of benzene rings is 3. The molecular formula is C40H35F2N9O3S. The minimum absolute atomic E-state index is 0.00675. The maximum Gasteiger partial charge on any atom is 0.319 e. The molecular weight excluding hydrogens is 725 g/mol. The van der Waals surface area contributed by atoms with Crippen LogP contribution in [0.3, 0.4) is 0 Å². The lowest BCUT2D eigenvalue weighted by Gasteiger charge is -2.34. The topological polar surface area (TPSA) is 131 Å². The molecule has 6 aromatic rings. The van der Waals surface area contributed by atoms with Crippen LogP contribution in [0.4, 0.5) is 20.3 Å². The number of halogens is 2. The van der Waals surface area contributed by atoms with E-state index in [1.54, 1.807) is 48.7 Å². The van der Waals surface area contributed by atoms with E-state index in [1.807, 2.05) is 11.0 Å². The number of aromatic nitrogens is 6. The second-order valence-corrected chi connectivity index (χ2v) is 16.5. The number of terminal acetylenes is 1.